The van der Waals surface area contributed by atoms with E-state index < -0.39 is 5.41 Å². The Kier molecular flexibility index (Phi) is 5.99. The van der Waals surface area contributed by atoms with Crippen LogP contribution in [0.15, 0.2) is 42.5 Å². The second kappa shape index (κ2) is 8.72. The van der Waals surface area contributed by atoms with Crippen LogP contribution in [-0.2, 0) is 6.54 Å². The third kappa shape index (κ3) is 3.76. The number of fused-ring (bicyclic) bond motifs is 1. The van der Waals surface area contributed by atoms with Gasteiger partial charge in [-0.15, -0.1) is 0 Å². The summed E-state index contributed by atoms with van der Waals surface area (Å²) < 4.78 is 5.39. The van der Waals surface area contributed by atoms with Crippen molar-refractivity contribution >= 4 is 17.7 Å². The number of carbonyl (C=O) groups is 3. The second-order valence-corrected chi connectivity index (χ2v) is 8.39. The molecule has 32 heavy (non-hydrogen) atoms. The van der Waals surface area contributed by atoms with E-state index in [2.05, 4.69) is 0 Å². The fourth-order valence-corrected chi connectivity index (χ4v) is 4.51. The molecule has 1 fully saturated rings. The lowest BCUT2D eigenvalue weighted by Crippen LogP contribution is -2.35. The van der Waals surface area contributed by atoms with Gasteiger partial charge in [0.05, 0.1) is 37.0 Å². The van der Waals surface area contributed by atoms with E-state index >= 15 is 0 Å². The Morgan fingerprint density at radius 1 is 1.09 bits per heavy atom. The highest BCUT2D eigenvalue weighted by atomic mass is 16.5. The third-order valence-electron chi connectivity index (χ3n) is 6.42. The van der Waals surface area contributed by atoms with Gasteiger partial charge in [0, 0.05) is 25.1 Å². The molecule has 2 N–H and O–H groups in total. The van der Waals surface area contributed by atoms with E-state index in [-0.39, 0.29) is 37.5 Å². The highest BCUT2D eigenvalue weighted by Gasteiger charge is 2.40. The summed E-state index contributed by atoms with van der Waals surface area (Å²) in [5.74, 6) is -0.569. The molecular formula is C24H26N2O6. The van der Waals surface area contributed by atoms with Crippen LogP contribution in [0.5, 0.6) is 5.75 Å². The lowest BCUT2D eigenvalue weighted by molar-refractivity contribution is 0.0642. The van der Waals surface area contributed by atoms with Gasteiger partial charge in [-0.05, 0) is 42.7 Å². The second-order valence-electron chi connectivity index (χ2n) is 8.39. The Hall–Kier alpha value is -3.23. The lowest BCUT2D eigenvalue weighted by atomic mass is 9.85. The van der Waals surface area contributed by atoms with Crippen molar-refractivity contribution in [2.24, 2.45) is 5.41 Å². The molecule has 2 aromatic rings. The molecule has 0 radical (unpaired) electrons. The number of ether oxygens (including phenoxy) is 1. The maximum Gasteiger partial charge on any atom is 0.261 e. The number of benzene rings is 2. The highest BCUT2D eigenvalue weighted by Crippen LogP contribution is 2.35. The molecule has 2 aliphatic rings. The van der Waals surface area contributed by atoms with Gasteiger partial charge < -0.3 is 19.8 Å². The summed E-state index contributed by atoms with van der Waals surface area (Å²) in [6.45, 7) is 0.692. The van der Waals surface area contributed by atoms with E-state index in [4.69, 9.17) is 4.74 Å². The first kappa shape index (κ1) is 22.0. The summed E-state index contributed by atoms with van der Waals surface area (Å²) in [4.78, 5) is 41.5. The zero-order valence-electron chi connectivity index (χ0n) is 17.9. The molecule has 2 aliphatic heterocycles. The number of aliphatic hydroxyl groups excluding tert-OH is 2. The molecule has 2 heterocycles. The van der Waals surface area contributed by atoms with Gasteiger partial charge in [-0.1, -0.05) is 18.2 Å². The van der Waals surface area contributed by atoms with Crippen LogP contribution < -0.4 is 4.74 Å². The molecule has 2 aromatic carbocycles. The molecule has 8 nitrogen and oxygen atoms in total. The minimum absolute atomic E-state index is 0.0434. The van der Waals surface area contributed by atoms with E-state index in [1.807, 2.05) is 0 Å². The molecule has 0 spiro atoms. The number of rotatable bonds is 7. The lowest BCUT2D eigenvalue weighted by Gasteiger charge is -2.26. The van der Waals surface area contributed by atoms with Gasteiger partial charge in [-0.2, -0.15) is 0 Å². The molecule has 1 atom stereocenters. The number of amides is 3. The van der Waals surface area contributed by atoms with Crippen molar-refractivity contribution in [3.8, 4) is 5.75 Å². The number of aliphatic hydroxyl groups is 2. The summed E-state index contributed by atoms with van der Waals surface area (Å²) in [7, 11) is 1.48. The first-order chi connectivity index (χ1) is 15.4. The molecule has 1 saturated heterocycles. The van der Waals surface area contributed by atoms with Crippen molar-refractivity contribution in [2.75, 3.05) is 33.4 Å². The Morgan fingerprint density at radius 2 is 1.78 bits per heavy atom. The van der Waals surface area contributed by atoms with Gasteiger partial charge in [-0.3, -0.25) is 19.3 Å². The predicted molar refractivity (Wildman–Crippen MR) is 115 cm³/mol. The molecular weight excluding hydrogens is 412 g/mol. The molecule has 4 rings (SSSR count). The first-order valence-corrected chi connectivity index (χ1v) is 10.6. The van der Waals surface area contributed by atoms with Crippen LogP contribution in [0.1, 0.15) is 49.5 Å². The van der Waals surface area contributed by atoms with Crippen molar-refractivity contribution < 1.29 is 29.3 Å². The maximum absolute atomic E-state index is 13.3. The van der Waals surface area contributed by atoms with Crippen LogP contribution in [0, 0.1) is 5.41 Å². The minimum Gasteiger partial charge on any atom is -0.496 e. The van der Waals surface area contributed by atoms with Crippen molar-refractivity contribution in [2.45, 2.75) is 19.4 Å². The third-order valence-corrected chi connectivity index (χ3v) is 6.42. The summed E-state index contributed by atoms with van der Waals surface area (Å²) in [6, 6.07) is 11.7. The molecule has 168 valence electrons. The van der Waals surface area contributed by atoms with Crippen LogP contribution in [0.2, 0.25) is 0 Å². The topological polar surface area (TPSA) is 107 Å². The quantitative estimate of drug-likeness (QED) is 0.637. The van der Waals surface area contributed by atoms with Crippen LogP contribution in [-0.4, -0.2) is 71.1 Å². The molecule has 0 bridgehead atoms. The Labute approximate surface area is 186 Å². The van der Waals surface area contributed by atoms with Crippen molar-refractivity contribution in [3.63, 3.8) is 0 Å². The van der Waals surface area contributed by atoms with E-state index in [0.717, 1.165) is 0 Å². The largest absolute Gasteiger partial charge is 0.496 e. The average molecular weight is 438 g/mol. The fraction of sp³-hybridized carbons (Fsp3) is 0.375. The summed E-state index contributed by atoms with van der Waals surface area (Å²) in [5, 5.41) is 19.1. The Morgan fingerprint density at radius 3 is 2.38 bits per heavy atom. The molecule has 0 saturated carbocycles. The fourth-order valence-electron chi connectivity index (χ4n) is 4.51. The van der Waals surface area contributed by atoms with Gasteiger partial charge in [0.15, 0.2) is 0 Å². The van der Waals surface area contributed by atoms with E-state index in [0.29, 0.717) is 53.9 Å². The van der Waals surface area contributed by atoms with Gasteiger partial charge in [-0.25, -0.2) is 0 Å². The van der Waals surface area contributed by atoms with Gasteiger partial charge >= 0.3 is 0 Å². The summed E-state index contributed by atoms with van der Waals surface area (Å²) in [5.41, 5.74) is 1.22. The number of nitrogens with zero attached hydrogens (tertiary/aromatic N) is 2. The number of likely N-dealkylation sites (tertiary alicyclic amines) is 1. The van der Waals surface area contributed by atoms with Crippen molar-refractivity contribution in [1.29, 1.82) is 0 Å². The van der Waals surface area contributed by atoms with Crippen LogP contribution >= 0.6 is 0 Å². The van der Waals surface area contributed by atoms with Crippen molar-refractivity contribution in [3.05, 3.63) is 64.7 Å². The van der Waals surface area contributed by atoms with Gasteiger partial charge in [0.1, 0.15) is 5.75 Å². The van der Waals surface area contributed by atoms with Gasteiger partial charge in [0.25, 0.3) is 17.7 Å². The van der Waals surface area contributed by atoms with E-state index in [1.54, 1.807) is 47.4 Å². The number of hydrogen-bond donors (Lipinski definition) is 2. The van der Waals surface area contributed by atoms with E-state index in [1.165, 1.54) is 12.0 Å². The molecule has 8 heteroatoms. The van der Waals surface area contributed by atoms with Crippen LogP contribution in [0.3, 0.4) is 0 Å². The Bertz CT molecular complexity index is 1030. The minimum atomic E-state index is -0.505. The first-order valence-electron chi connectivity index (χ1n) is 10.6. The standard InChI is InChI=1S/C24H26N2O6/c1-32-20-7-6-16(13-26-22(30)17-4-2-3-5-18(17)23(26)31)12-19(20)21(29)25-10-8-24(14-25,15-28)9-11-27/h2-7,12,27-28H,8-11,13-15H2,1H3. The molecule has 1 unspecified atom stereocenters. The smallest absolute Gasteiger partial charge is 0.261 e. The summed E-state index contributed by atoms with van der Waals surface area (Å²) in [6.07, 6.45) is 1.02. The Balaban J connectivity index is 1.57. The zero-order chi connectivity index (χ0) is 22.9. The maximum atomic E-state index is 13.3. The van der Waals surface area contributed by atoms with Gasteiger partial charge in [0.2, 0.25) is 0 Å². The summed E-state index contributed by atoms with van der Waals surface area (Å²) >= 11 is 0. The number of carbonyl (C=O) groups excluding carboxylic acids is 3. The predicted octanol–water partition coefficient (Wildman–Crippen LogP) is 1.70. The van der Waals surface area contributed by atoms with Crippen molar-refractivity contribution in [1.82, 2.24) is 9.80 Å². The van der Waals surface area contributed by atoms with Crippen LogP contribution in [0.25, 0.3) is 0 Å². The highest BCUT2D eigenvalue weighted by molar-refractivity contribution is 6.21. The van der Waals surface area contributed by atoms with E-state index in [9.17, 15) is 24.6 Å². The molecule has 0 aliphatic carbocycles. The number of imide groups is 1. The number of methoxy groups -OCH3 is 1. The monoisotopic (exact) mass is 438 g/mol. The zero-order valence-corrected chi connectivity index (χ0v) is 17.9. The number of hydrogen-bond acceptors (Lipinski definition) is 6. The average Bonchev–Trinajstić information content (AvgIpc) is 3.35. The van der Waals surface area contributed by atoms with Crippen LogP contribution in [0.4, 0.5) is 0 Å². The molecule has 0 aromatic heterocycles. The SMILES string of the molecule is COc1ccc(CN2C(=O)c3ccccc3C2=O)cc1C(=O)N1CCC(CO)(CCO)C1. The normalized spacial score (nSPS) is 20.1. The molecule has 3 amide bonds.